The van der Waals surface area contributed by atoms with E-state index < -0.39 is 5.91 Å². The van der Waals surface area contributed by atoms with E-state index in [1.54, 1.807) is 24.3 Å². The molecule has 1 heterocycles. The Morgan fingerprint density at radius 2 is 1.92 bits per heavy atom. The van der Waals surface area contributed by atoms with Crippen molar-refractivity contribution in [2.24, 2.45) is 5.73 Å². The molecule has 0 spiro atoms. The van der Waals surface area contributed by atoms with E-state index >= 15 is 0 Å². The quantitative estimate of drug-likeness (QED) is 0.533. The Bertz CT molecular complexity index is 967. The number of nitrogens with zero attached hydrogens (tertiary/aromatic N) is 1. The van der Waals surface area contributed by atoms with Crippen molar-refractivity contribution in [1.29, 1.82) is 0 Å². The standard InChI is InChI=1S/C19H15N3O3S/c20-18(24)14-9-7-13(8-10-14)4-3-11-21-17(23)12-26-19-22-15-5-1-2-6-16(15)25-19/h1-2,5-10H,11-12H2,(H2,20,24)(H,21,23). The summed E-state index contributed by atoms with van der Waals surface area (Å²) in [6.07, 6.45) is 0. The van der Waals surface area contributed by atoms with Crippen LogP contribution in [0.25, 0.3) is 11.1 Å². The maximum absolute atomic E-state index is 11.8. The van der Waals surface area contributed by atoms with Crippen molar-refractivity contribution in [3.63, 3.8) is 0 Å². The molecule has 130 valence electrons. The van der Waals surface area contributed by atoms with E-state index in [9.17, 15) is 9.59 Å². The van der Waals surface area contributed by atoms with Gasteiger partial charge in [-0.3, -0.25) is 9.59 Å². The second kappa shape index (κ2) is 8.23. The molecule has 26 heavy (non-hydrogen) atoms. The van der Waals surface area contributed by atoms with E-state index in [1.165, 1.54) is 11.8 Å². The number of carbonyl (C=O) groups is 2. The topological polar surface area (TPSA) is 98.2 Å². The molecule has 3 aromatic rings. The first kappa shape index (κ1) is 17.6. The lowest BCUT2D eigenvalue weighted by Crippen LogP contribution is -2.25. The molecule has 0 aliphatic rings. The SMILES string of the molecule is NC(=O)c1ccc(C#CCNC(=O)CSc2nc3ccccc3o2)cc1. The first-order valence-electron chi connectivity index (χ1n) is 7.75. The van der Waals surface area contributed by atoms with Crippen molar-refractivity contribution >= 4 is 34.7 Å². The Labute approximate surface area is 154 Å². The Kier molecular flexibility index (Phi) is 5.56. The second-order valence-electron chi connectivity index (χ2n) is 5.26. The number of carbonyl (C=O) groups excluding carboxylic acids is 2. The summed E-state index contributed by atoms with van der Waals surface area (Å²) in [6.45, 7) is 0.227. The zero-order chi connectivity index (χ0) is 18.4. The average Bonchev–Trinajstić information content (AvgIpc) is 3.07. The van der Waals surface area contributed by atoms with Gasteiger partial charge in [0.2, 0.25) is 11.8 Å². The number of oxazole rings is 1. The van der Waals surface area contributed by atoms with E-state index in [0.717, 1.165) is 11.1 Å². The van der Waals surface area contributed by atoms with Gasteiger partial charge in [-0.15, -0.1) is 0 Å². The molecule has 0 fully saturated rings. The molecule has 1 aromatic heterocycles. The molecule has 0 saturated carbocycles. The minimum atomic E-state index is -0.479. The zero-order valence-electron chi connectivity index (χ0n) is 13.7. The smallest absolute Gasteiger partial charge is 0.257 e. The van der Waals surface area contributed by atoms with Crippen molar-refractivity contribution in [2.75, 3.05) is 12.3 Å². The van der Waals surface area contributed by atoms with Gasteiger partial charge in [0.1, 0.15) is 5.52 Å². The van der Waals surface area contributed by atoms with Crippen LogP contribution in [0, 0.1) is 11.8 Å². The molecule has 2 aromatic carbocycles. The maximum atomic E-state index is 11.8. The Balaban J connectivity index is 1.45. The number of rotatable bonds is 5. The molecule has 0 aliphatic heterocycles. The number of nitrogens with one attached hydrogen (secondary N) is 1. The third-order valence-electron chi connectivity index (χ3n) is 3.38. The number of hydrogen-bond acceptors (Lipinski definition) is 5. The largest absolute Gasteiger partial charge is 0.431 e. The van der Waals surface area contributed by atoms with Gasteiger partial charge in [-0.1, -0.05) is 35.7 Å². The highest BCUT2D eigenvalue weighted by atomic mass is 32.2. The van der Waals surface area contributed by atoms with Crippen molar-refractivity contribution in [3.05, 3.63) is 59.7 Å². The fourth-order valence-corrected chi connectivity index (χ4v) is 2.77. The summed E-state index contributed by atoms with van der Waals surface area (Å²) in [5.41, 5.74) is 7.81. The van der Waals surface area contributed by atoms with Crippen molar-refractivity contribution < 1.29 is 14.0 Å². The molecule has 0 unspecified atom stereocenters. The second-order valence-corrected chi connectivity index (χ2v) is 6.18. The highest BCUT2D eigenvalue weighted by Gasteiger charge is 2.08. The van der Waals surface area contributed by atoms with Crippen LogP contribution in [0.1, 0.15) is 15.9 Å². The molecular formula is C19H15N3O3S. The molecule has 2 amide bonds. The van der Waals surface area contributed by atoms with Crippen molar-refractivity contribution in [1.82, 2.24) is 10.3 Å². The van der Waals surface area contributed by atoms with Crippen LogP contribution in [0.15, 0.2) is 58.2 Å². The van der Waals surface area contributed by atoms with Crippen LogP contribution in [-0.4, -0.2) is 29.1 Å². The number of nitrogens with two attached hydrogens (primary N) is 1. The molecule has 0 aliphatic carbocycles. The molecule has 0 bridgehead atoms. The zero-order valence-corrected chi connectivity index (χ0v) is 14.5. The van der Waals surface area contributed by atoms with Gasteiger partial charge in [-0.25, -0.2) is 4.98 Å². The van der Waals surface area contributed by atoms with Crippen LogP contribution in [0.2, 0.25) is 0 Å². The van der Waals surface area contributed by atoms with Gasteiger partial charge >= 0.3 is 0 Å². The number of aromatic nitrogens is 1. The number of para-hydroxylation sites is 2. The van der Waals surface area contributed by atoms with E-state index in [0.29, 0.717) is 16.4 Å². The van der Waals surface area contributed by atoms with Crippen LogP contribution < -0.4 is 11.1 Å². The van der Waals surface area contributed by atoms with Gasteiger partial charge in [-0.2, -0.15) is 0 Å². The van der Waals surface area contributed by atoms with Crippen molar-refractivity contribution in [2.45, 2.75) is 5.22 Å². The van der Waals surface area contributed by atoms with Crippen LogP contribution in [0.3, 0.4) is 0 Å². The summed E-state index contributed by atoms with van der Waals surface area (Å²) in [7, 11) is 0. The van der Waals surface area contributed by atoms with Crippen LogP contribution in [-0.2, 0) is 4.79 Å². The molecule has 0 radical (unpaired) electrons. The molecule has 0 atom stereocenters. The van der Waals surface area contributed by atoms with Crippen molar-refractivity contribution in [3.8, 4) is 11.8 Å². The summed E-state index contributed by atoms with van der Waals surface area (Å²) in [4.78, 5) is 27.1. The molecule has 0 saturated heterocycles. The Hall–Kier alpha value is -3.24. The number of hydrogen-bond donors (Lipinski definition) is 2. The average molecular weight is 365 g/mol. The third kappa shape index (κ3) is 4.65. The monoisotopic (exact) mass is 365 g/mol. The Morgan fingerprint density at radius 1 is 1.15 bits per heavy atom. The first-order chi connectivity index (χ1) is 12.6. The normalized spacial score (nSPS) is 10.2. The number of thioether (sulfide) groups is 1. The lowest BCUT2D eigenvalue weighted by molar-refractivity contribution is -0.118. The van der Waals surface area contributed by atoms with Gasteiger partial charge in [0, 0.05) is 11.1 Å². The lowest BCUT2D eigenvalue weighted by Gasteiger charge is -1.98. The fourth-order valence-electron chi connectivity index (χ4n) is 2.10. The highest BCUT2D eigenvalue weighted by Crippen LogP contribution is 2.22. The van der Waals surface area contributed by atoms with E-state index in [4.69, 9.17) is 10.2 Å². The summed E-state index contributed by atoms with van der Waals surface area (Å²) in [5, 5.41) is 3.17. The number of benzene rings is 2. The summed E-state index contributed by atoms with van der Waals surface area (Å²) < 4.78 is 5.54. The summed E-state index contributed by atoms with van der Waals surface area (Å²) in [6, 6.07) is 14.1. The predicted octanol–water partition coefficient (Wildman–Crippen LogP) is 2.19. The Morgan fingerprint density at radius 3 is 2.65 bits per heavy atom. The van der Waals surface area contributed by atoms with Crippen LogP contribution in [0.4, 0.5) is 0 Å². The molecule has 3 rings (SSSR count). The molecular weight excluding hydrogens is 350 g/mol. The summed E-state index contributed by atoms with van der Waals surface area (Å²) >= 11 is 1.23. The predicted molar refractivity (Wildman–Crippen MR) is 99.6 cm³/mol. The van der Waals surface area contributed by atoms with Gasteiger partial charge in [0.05, 0.1) is 12.3 Å². The van der Waals surface area contributed by atoms with Gasteiger partial charge in [0.15, 0.2) is 5.58 Å². The number of primary amides is 1. The summed E-state index contributed by atoms with van der Waals surface area (Å²) in [5.74, 6) is 5.32. The van der Waals surface area contributed by atoms with Gasteiger partial charge < -0.3 is 15.5 Å². The molecule has 6 nitrogen and oxygen atoms in total. The minimum absolute atomic E-state index is 0.157. The fraction of sp³-hybridized carbons (Fsp3) is 0.105. The van der Waals surface area contributed by atoms with E-state index in [2.05, 4.69) is 22.1 Å². The van der Waals surface area contributed by atoms with Crippen LogP contribution in [0.5, 0.6) is 0 Å². The van der Waals surface area contributed by atoms with E-state index in [1.807, 2.05) is 24.3 Å². The van der Waals surface area contributed by atoms with E-state index in [-0.39, 0.29) is 18.2 Å². The number of amides is 2. The van der Waals surface area contributed by atoms with Gasteiger partial charge in [-0.05, 0) is 36.4 Å². The van der Waals surface area contributed by atoms with Crippen LogP contribution >= 0.6 is 11.8 Å². The molecule has 3 N–H and O–H groups in total. The number of fused-ring (bicyclic) bond motifs is 1. The minimum Gasteiger partial charge on any atom is -0.431 e. The lowest BCUT2D eigenvalue weighted by atomic mass is 10.1. The maximum Gasteiger partial charge on any atom is 0.257 e. The third-order valence-corrected chi connectivity index (χ3v) is 4.21. The molecule has 7 heteroatoms. The van der Waals surface area contributed by atoms with Gasteiger partial charge in [0.25, 0.3) is 5.22 Å². The first-order valence-corrected chi connectivity index (χ1v) is 8.74. The highest BCUT2D eigenvalue weighted by molar-refractivity contribution is 7.99.